The fourth-order valence-electron chi connectivity index (χ4n) is 2.20. The minimum absolute atomic E-state index is 0.00965. The first-order valence-corrected chi connectivity index (χ1v) is 8.00. The van der Waals surface area contributed by atoms with Crippen molar-refractivity contribution in [1.29, 1.82) is 0 Å². The van der Waals surface area contributed by atoms with Gasteiger partial charge < -0.3 is 10.6 Å². The Hall–Kier alpha value is -2.14. The molecule has 5 nitrogen and oxygen atoms in total. The van der Waals surface area contributed by atoms with Crippen LogP contribution in [-0.2, 0) is 11.3 Å². The van der Waals surface area contributed by atoms with Crippen molar-refractivity contribution in [3.63, 3.8) is 0 Å². The summed E-state index contributed by atoms with van der Waals surface area (Å²) in [6, 6.07) is 7.68. The number of likely N-dealkylation sites (N-methyl/N-ethyl adjacent to an activating group) is 1. The van der Waals surface area contributed by atoms with Crippen LogP contribution in [0.15, 0.2) is 36.9 Å². The lowest BCUT2D eigenvalue weighted by molar-refractivity contribution is -0.125. The van der Waals surface area contributed by atoms with Crippen LogP contribution < -0.4 is 10.6 Å². The maximum absolute atomic E-state index is 11.9. The minimum atomic E-state index is -0.229. The molecule has 1 fully saturated rings. The number of hydrogen-bond acceptors (Lipinski definition) is 3. The number of nitrogens with zero attached hydrogens (tertiary/aromatic N) is 1. The third-order valence-corrected chi connectivity index (χ3v) is 4.02. The highest BCUT2D eigenvalue weighted by Gasteiger charge is 2.23. The van der Waals surface area contributed by atoms with Gasteiger partial charge in [-0.3, -0.25) is 14.5 Å². The second-order valence-electron chi connectivity index (χ2n) is 6.07. The van der Waals surface area contributed by atoms with Gasteiger partial charge in [-0.25, -0.2) is 0 Å². The Morgan fingerprint density at radius 3 is 2.57 bits per heavy atom. The van der Waals surface area contributed by atoms with E-state index in [-0.39, 0.29) is 17.9 Å². The monoisotopic (exact) mass is 315 g/mol. The first-order chi connectivity index (χ1) is 11.0. The van der Waals surface area contributed by atoms with Crippen LogP contribution in [0.25, 0.3) is 0 Å². The molecule has 0 heterocycles. The smallest absolute Gasteiger partial charge is 0.251 e. The molecule has 124 valence electrons. The second kappa shape index (κ2) is 7.92. The Kier molecular flexibility index (Phi) is 5.93. The Labute approximate surface area is 137 Å². The maximum atomic E-state index is 11.9. The molecule has 0 bridgehead atoms. The van der Waals surface area contributed by atoms with Crippen LogP contribution in [0.1, 0.15) is 35.7 Å². The van der Waals surface area contributed by atoms with Crippen molar-refractivity contribution in [3.8, 4) is 0 Å². The predicted molar refractivity (Wildman–Crippen MR) is 91.1 cm³/mol. The van der Waals surface area contributed by atoms with Gasteiger partial charge in [0.1, 0.15) is 0 Å². The molecule has 1 atom stereocenters. The summed E-state index contributed by atoms with van der Waals surface area (Å²) in [5, 5.41) is 5.77. The lowest BCUT2D eigenvalue weighted by Gasteiger charge is -2.23. The highest BCUT2D eigenvalue weighted by atomic mass is 16.2. The summed E-state index contributed by atoms with van der Waals surface area (Å²) in [5.41, 5.74) is 1.75. The van der Waals surface area contributed by atoms with E-state index < -0.39 is 0 Å². The quantitative estimate of drug-likeness (QED) is 0.718. The molecule has 5 heteroatoms. The molecule has 0 radical (unpaired) electrons. The summed E-state index contributed by atoms with van der Waals surface area (Å²) in [4.78, 5) is 25.8. The predicted octanol–water partition coefficient (Wildman–Crippen LogP) is 1.70. The molecule has 2 rings (SSSR count). The lowest BCUT2D eigenvalue weighted by Crippen LogP contribution is -2.42. The van der Waals surface area contributed by atoms with E-state index in [4.69, 9.17) is 0 Å². The van der Waals surface area contributed by atoms with E-state index in [1.165, 1.54) is 0 Å². The third kappa shape index (κ3) is 5.21. The molecular formula is C18H25N3O2. The van der Waals surface area contributed by atoms with E-state index in [0.29, 0.717) is 24.7 Å². The molecule has 0 unspecified atom stereocenters. The van der Waals surface area contributed by atoms with Crippen LogP contribution >= 0.6 is 0 Å². The SMILES string of the molecule is C=CCNC(=O)[C@@H](C)N(C)Cc1ccc(C(=O)NC2CC2)cc1. The third-order valence-electron chi connectivity index (χ3n) is 4.02. The fraction of sp³-hybridized carbons (Fsp3) is 0.444. The lowest BCUT2D eigenvalue weighted by atomic mass is 10.1. The highest BCUT2D eigenvalue weighted by Crippen LogP contribution is 2.19. The molecule has 2 N–H and O–H groups in total. The molecule has 1 saturated carbocycles. The van der Waals surface area contributed by atoms with E-state index >= 15 is 0 Å². The van der Waals surface area contributed by atoms with E-state index in [1.54, 1.807) is 6.08 Å². The molecule has 2 amide bonds. The molecule has 1 aliphatic rings. The zero-order valence-corrected chi connectivity index (χ0v) is 13.8. The van der Waals surface area contributed by atoms with Crippen LogP contribution in [0.5, 0.6) is 0 Å². The van der Waals surface area contributed by atoms with Crippen LogP contribution in [0.3, 0.4) is 0 Å². The Bertz CT molecular complexity index is 564. The second-order valence-corrected chi connectivity index (χ2v) is 6.07. The summed E-state index contributed by atoms with van der Waals surface area (Å²) in [6.45, 7) is 6.58. The number of rotatable bonds is 8. The molecule has 1 aromatic carbocycles. The zero-order chi connectivity index (χ0) is 16.8. The van der Waals surface area contributed by atoms with Gasteiger partial charge in [0.25, 0.3) is 5.91 Å². The van der Waals surface area contributed by atoms with Gasteiger partial charge in [-0.15, -0.1) is 6.58 Å². The molecule has 0 saturated heterocycles. The number of amides is 2. The van der Waals surface area contributed by atoms with E-state index in [0.717, 1.165) is 18.4 Å². The van der Waals surface area contributed by atoms with Crippen LogP contribution in [-0.4, -0.2) is 42.4 Å². The summed E-state index contributed by atoms with van der Waals surface area (Å²) < 4.78 is 0. The largest absolute Gasteiger partial charge is 0.351 e. The van der Waals surface area contributed by atoms with Gasteiger partial charge >= 0.3 is 0 Å². The molecule has 0 spiro atoms. The number of benzene rings is 1. The van der Waals surface area contributed by atoms with Crippen molar-refractivity contribution in [2.45, 2.75) is 38.4 Å². The fourth-order valence-corrected chi connectivity index (χ4v) is 2.20. The van der Waals surface area contributed by atoms with Gasteiger partial charge in [0.2, 0.25) is 5.91 Å². The summed E-state index contributed by atoms with van der Waals surface area (Å²) in [7, 11) is 1.91. The van der Waals surface area contributed by atoms with Gasteiger partial charge in [-0.05, 0) is 44.5 Å². The Balaban J connectivity index is 1.87. The van der Waals surface area contributed by atoms with Crippen LogP contribution in [0.2, 0.25) is 0 Å². The molecule has 1 aliphatic carbocycles. The molecular weight excluding hydrogens is 290 g/mol. The number of nitrogens with one attached hydrogen (secondary N) is 2. The summed E-state index contributed by atoms with van der Waals surface area (Å²) in [5.74, 6) is -0.0302. The van der Waals surface area contributed by atoms with E-state index in [1.807, 2.05) is 43.1 Å². The normalized spacial score (nSPS) is 15.1. The van der Waals surface area contributed by atoms with Crippen molar-refractivity contribution >= 4 is 11.8 Å². The van der Waals surface area contributed by atoms with Crippen LogP contribution in [0, 0.1) is 0 Å². The van der Waals surface area contributed by atoms with Gasteiger partial charge in [0.05, 0.1) is 6.04 Å². The Morgan fingerprint density at radius 2 is 2.00 bits per heavy atom. The maximum Gasteiger partial charge on any atom is 0.251 e. The molecule has 1 aromatic rings. The molecule has 0 aromatic heterocycles. The van der Waals surface area contributed by atoms with E-state index in [9.17, 15) is 9.59 Å². The topological polar surface area (TPSA) is 61.4 Å². The van der Waals surface area contributed by atoms with Gasteiger partial charge in [-0.1, -0.05) is 18.2 Å². The minimum Gasteiger partial charge on any atom is -0.351 e. The first kappa shape index (κ1) is 17.2. The number of hydrogen-bond donors (Lipinski definition) is 2. The van der Waals surface area contributed by atoms with Gasteiger partial charge in [-0.2, -0.15) is 0 Å². The standard InChI is InChI=1S/C18H25N3O2/c1-4-11-19-17(22)13(2)21(3)12-14-5-7-15(8-6-14)18(23)20-16-9-10-16/h4-8,13,16H,1,9-12H2,2-3H3,(H,19,22)(H,20,23)/t13-/m1/s1. The van der Waals surface area contributed by atoms with Gasteiger partial charge in [0, 0.05) is 24.7 Å². The zero-order valence-electron chi connectivity index (χ0n) is 13.8. The summed E-state index contributed by atoms with van der Waals surface area (Å²) in [6.07, 6.45) is 3.83. The van der Waals surface area contributed by atoms with Crippen molar-refractivity contribution in [1.82, 2.24) is 15.5 Å². The summed E-state index contributed by atoms with van der Waals surface area (Å²) >= 11 is 0. The van der Waals surface area contributed by atoms with Crippen molar-refractivity contribution < 1.29 is 9.59 Å². The molecule has 0 aliphatic heterocycles. The van der Waals surface area contributed by atoms with Crippen molar-refractivity contribution in [2.24, 2.45) is 0 Å². The average molecular weight is 315 g/mol. The van der Waals surface area contributed by atoms with Crippen molar-refractivity contribution in [3.05, 3.63) is 48.0 Å². The number of carbonyl (C=O) groups excluding carboxylic acids is 2. The van der Waals surface area contributed by atoms with Crippen molar-refractivity contribution in [2.75, 3.05) is 13.6 Å². The number of carbonyl (C=O) groups is 2. The highest BCUT2D eigenvalue weighted by molar-refractivity contribution is 5.94. The first-order valence-electron chi connectivity index (χ1n) is 8.00. The molecule has 23 heavy (non-hydrogen) atoms. The van der Waals surface area contributed by atoms with E-state index in [2.05, 4.69) is 17.2 Å². The van der Waals surface area contributed by atoms with Gasteiger partial charge in [0.15, 0.2) is 0 Å². The Morgan fingerprint density at radius 1 is 1.35 bits per heavy atom. The average Bonchev–Trinajstić information content (AvgIpc) is 3.36. The van der Waals surface area contributed by atoms with Crippen LogP contribution in [0.4, 0.5) is 0 Å².